The molecule has 0 saturated carbocycles. The van der Waals surface area contributed by atoms with Gasteiger partial charge in [0.25, 0.3) is 0 Å². The van der Waals surface area contributed by atoms with Crippen LogP contribution in [-0.4, -0.2) is 25.6 Å². The van der Waals surface area contributed by atoms with E-state index < -0.39 is 59.9 Å². The maximum atomic E-state index is 13.5. The number of halogens is 6. The molecule has 2 aromatic rings. The van der Waals surface area contributed by atoms with Crippen LogP contribution in [0, 0.1) is 17.5 Å². The van der Waals surface area contributed by atoms with Crippen LogP contribution < -0.4 is 20.7 Å². The zero-order valence-electron chi connectivity index (χ0n) is 15.3. The van der Waals surface area contributed by atoms with E-state index in [0.717, 1.165) is 18.2 Å². The Balaban J connectivity index is 1.91. The number of benzene rings is 2. The molecule has 0 fully saturated rings. The van der Waals surface area contributed by atoms with E-state index in [4.69, 9.17) is 4.74 Å². The summed E-state index contributed by atoms with van der Waals surface area (Å²) in [6.07, 6.45) is -4.68. The summed E-state index contributed by atoms with van der Waals surface area (Å²) in [5.41, 5.74) is -1.89. The van der Waals surface area contributed by atoms with Crippen LogP contribution in [0.4, 0.5) is 36.8 Å². The monoisotopic (exact) mass is 435 g/mol. The van der Waals surface area contributed by atoms with E-state index in [-0.39, 0.29) is 11.3 Å². The third-order valence-corrected chi connectivity index (χ3v) is 3.78. The van der Waals surface area contributed by atoms with Crippen LogP contribution in [-0.2, 0) is 17.5 Å². The quantitative estimate of drug-likeness (QED) is 0.480. The van der Waals surface area contributed by atoms with Gasteiger partial charge in [0.2, 0.25) is 5.91 Å². The van der Waals surface area contributed by atoms with E-state index in [1.54, 1.807) is 0 Å². The number of rotatable bonds is 6. The summed E-state index contributed by atoms with van der Waals surface area (Å²) < 4.78 is 83.6. The minimum absolute atomic E-state index is 0.0170. The van der Waals surface area contributed by atoms with Gasteiger partial charge in [0.1, 0.15) is 5.75 Å². The molecule has 0 aliphatic rings. The van der Waals surface area contributed by atoms with E-state index in [1.807, 2.05) is 10.6 Å². The molecule has 162 valence electrons. The van der Waals surface area contributed by atoms with Crippen LogP contribution in [0.5, 0.6) is 5.75 Å². The van der Waals surface area contributed by atoms with Crippen LogP contribution in [0.3, 0.4) is 0 Å². The normalized spacial score (nSPS) is 11.0. The van der Waals surface area contributed by atoms with E-state index in [1.165, 1.54) is 13.2 Å². The molecule has 0 atom stereocenters. The molecule has 12 heteroatoms. The molecule has 3 amide bonds. The van der Waals surface area contributed by atoms with Gasteiger partial charge in [0.05, 0.1) is 24.9 Å². The number of urea groups is 1. The fourth-order valence-corrected chi connectivity index (χ4v) is 2.32. The van der Waals surface area contributed by atoms with Crippen molar-refractivity contribution >= 4 is 17.6 Å². The second-order valence-electron chi connectivity index (χ2n) is 5.83. The van der Waals surface area contributed by atoms with Gasteiger partial charge in [-0.25, -0.2) is 18.0 Å². The topological polar surface area (TPSA) is 79.5 Å². The zero-order chi connectivity index (χ0) is 22.5. The summed E-state index contributed by atoms with van der Waals surface area (Å²) in [5, 5.41) is 6.11. The number of nitrogens with one attached hydrogen (secondary N) is 3. The van der Waals surface area contributed by atoms with Crippen molar-refractivity contribution in [3.8, 4) is 5.75 Å². The minimum atomic E-state index is -4.68. The SMILES string of the molecule is COc1ccc(CNC(=O)NCC(=O)Nc2ccc(F)c(F)c2F)c(C(F)(F)F)c1. The molecule has 0 aliphatic carbocycles. The lowest BCUT2D eigenvalue weighted by molar-refractivity contribution is -0.138. The smallest absolute Gasteiger partial charge is 0.416 e. The predicted octanol–water partition coefficient (Wildman–Crippen LogP) is 3.57. The maximum Gasteiger partial charge on any atom is 0.416 e. The zero-order valence-corrected chi connectivity index (χ0v) is 15.3. The van der Waals surface area contributed by atoms with Crippen LogP contribution in [0.25, 0.3) is 0 Å². The molecule has 0 heterocycles. The van der Waals surface area contributed by atoms with Crippen LogP contribution in [0.15, 0.2) is 30.3 Å². The van der Waals surface area contributed by atoms with Gasteiger partial charge in [-0.1, -0.05) is 6.07 Å². The van der Waals surface area contributed by atoms with Gasteiger partial charge < -0.3 is 20.7 Å². The number of hydrogen-bond acceptors (Lipinski definition) is 3. The number of carbonyl (C=O) groups is 2. The number of anilines is 1. The highest BCUT2D eigenvalue weighted by molar-refractivity contribution is 5.94. The Morgan fingerprint density at radius 1 is 1.00 bits per heavy atom. The molecule has 6 nitrogen and oxygen atoms in total. The van der Waals surface area contributed by atoms with Gasteiger partial charge in [0.15, 0.2) is 17.5 Å². The van der Waals surface area contributed by atoms with Gasteiger partial charge in [-0.15, -0.1) is 0 Å². The molecule has 3 N–H and O–H groups in total. The first-order chi connectivity index (χ1) is 14.0. The predicted molar refractivity (Wildman–Crippen MR) is 93.2 cm³/mol. The van der Waals surface area contributed by atoms with E-state index in [2.05, 4.69) is 5.32 Å². The van der Waals surface area contributed by atoms with Gasteiger partial charge >= 0.3 is 12.2 Å². The average Bonchev–Trinajstić information content (AvgIpc) is 2.70. The first kappa shape index (κ1) is 22.8. The minimum Gasteiger partial charge on any atom is -0.497 e. The van der Waals surface area contributed by atoms with Crippen molar-refractivity contribution in [1.29, 1.82) is 0 Å². The molecule has 2 rings (SSSR count). The van der Waals surface area contributed by atoms with Crippen molar-refractivity contribution in [2.75, 3.05) is 19.0 Å². The largest absolute Gasteiger partial charge is 0.497 e. The van der Waals surface area contributed by atoms with E-state index in [9.17, 15) is 35.9 Å². The molecule has 30 heavy (non-hydrogen) atoms. The number of hydrogen-bond donors (Lipinski definition) is 3. The summed E-state index contributed by atoms with van der Waals surface area (Å²) in [6.45, 7) is -1.22. The molecule has 0 aromatic heterocycles. The lowest BCUT2D eigenvalue weighted by Crippen LogP contribution is -2.40. The summed E-state index contributed by atoms with van der Waals surface area (Å²) >= 11 is 0. The molecule has 0 bridgehead atoms. The highest BCUT2D eigenvalue weighted by Gasteiger charge is 2.33. The van der Waals surface area contributed by atoms with Crippen molar-refractivity contribution in [3.63, 3.8) is 0 Å². The summed E-state index contributed by atoms with van der Waals surface area (Å²) in [6, 6.07) is 3.59. The van der Waals surface area contributed by atoms with E-state index in [0.29, 0.717) is 6.07 Å². The Labute approximate surface area is 166 Å². The first-order valence-corrected chi connectivity index (χ1v) is 8.22. The van der Waals surface area contributed by atoms with Gasteiger partial charge in [-0.2, -0.15) is 13.2 Å². The highest BCUT2D eigenvalue weighted by atomic mass is 19.4. The Hall–Kier alpha value is -3.44. The Morgan fingerprint density at radius 3 is 2.33 bits per heavy atom. The van der Waals surface area contributed by atoms with Crippen molar-refractivity contribution in [2.45, 2.75) is 12.7 Å². The molecule has 0 aliphatic heterocycles. The molecule has 0 unspecified atom stereocenters. The number of alkyl halides is 3. The summed E-state index contributed by atoms with van der Waals surface area (Å²) in [5.74, 6) is -5.84. The molecular weight excluding hydrogens is 420 g/mol. The van der Waals surface area contributed by atoms with Crippen molar-refractivity contribution in [1.82, 2.24) is 10.6 Å². The lowest BCUT2D eigenvalue weighted by Gasteiger charge is -2.15. The molecule has 0 spiro atoms. The van der Waals surface area contributed by atoms with Gasteiger partial charge in [0, 0.05) is 6.54 Å². The average molecular weight is 435 g/mol. The highest BCUT2D eigenvalue weighted by Crippen LogP contribution is 2.34. The van der Waals surface area contributed by atoms with Crippen molar-refractivity contribution in [2.24, 2.45) is 0 Å². The number of carbonyl (C=O) groups excluding carboxylic acids is 2. The second kappa shape index (κ2) is 9.37. The number of methoxy groups -OCH3 is 1. The third-order valence-electron chi connectivity index (χ3n) is 3.78. The lowest BCUT2D eigenvalue weighted by atomic mass is 10.1. The number of amides is 3. The Bertz CT molecular complexity index is 949. The van der Waals surface area contributed by atoms with E-state index >= 15 is 0 Å². The molecule has 0 radical (unpaired) electrons. The van der Waals surface area contributed by atoms with Crippen LogP contribution in [0.1, 0.15) is 11.1 Å². The molecule has 2 aromatic carbocycles. The van der Waals surface area contributed by atoms with Crippen LogP contribution >= 0.6 is 0 Å². The third kappa shape index (κ3) is 5.78. The number of ether oxygens (including phenoxy) is 1. The summed E-state index contributed by atoms with van der Waals surface area (Å²) in [4.78, 5) is 23.4. The standard InChI is InChI=1S/C18H15F6N3O3/c1-30-10-3-2-9(11(6-10)18(22,23)24)7-25-17(29)26-8-14(28)27-13-5-4-12(19)15(20)16(13)21/h2-6H,7-8H2,1H3,(H,27,28)(H2,25,26,29). The van der Waals surface area contributed by atoms with Crippen molar-refractivity contribution < 1.29 is 40.7 Å². The molecule has 0 saturated heterocycles. The maximum absolute atomic E-state index is 13.5. The summed E-state index contributed by atoms with van der Waals surface area (Å²) in [7, 11) is 1.21. The fourth-order valence-electron chi connectivity index (χ4n) is 2.32. The first-order valence-electron chi connectivity index (χ1n) is 8.22. The van der Waals surface area contributed by atoms with Crippen molar-refractivity contribution in [3.05, 3.63) is 58.9 Å². The van der Waals surface area contributed by atoms with Gasteiger partial charge in [-0.05, 0) is 29.8 Å². The fraction of sp³-hybridized carbons (Fsp3) is 0.222. The van der Waals surface area contributed by atoms with Crippen LogP contribution in [0.2, 0.25) is 0 Å². The Morgan fingerprint density at radius 2 is 1.70 bits per heavy atom. The second-order valence-corrected chi connectivity index (χ2v) is 5.83. The molecular formula is C18H15F6N3O3. The van der Waals surface area contributed by atoms with Gasteiger partial charge in [-0.3, -0.25) is 4.79 Å². The Kier molecular flexibility index (Phi) is 7.14.